The Labute approximate surface area is 163 Å². The molecule has 1 atom stereocenters. The normalized spacial score (nSPS) is 16.0. The number of aryl methyl sites for hydroxylation is 1. The molecule has 0 radical (unpaired) electrons. The third kappa shape index (κ3) is 4.36. The van der Waals surface area contributed by atoms with Gasteiger partial charge in [0.25, 0.3) is 5.91 Å². The lowest BCUT2D eigenvalue weighted by molar-refractivity contribution is -0.133. The highest BCUT2D eigenvalue weighted by Crippen LogP contribution is 2.18. The molecule has 1 saturated heterocycles. The number of carbonyl (C=O) groups is 2. The van der Waals surface area contributed by atoms with E-state index in [2.05, 4.69) is 10.1 Å². The van der Waals surface area contributed by atoms with Gasteiger partial charge in [0.1, 0.15) is 18.2 Å². The van der Waals surface area contributed by atoms with Gasteiger partial charge in [-0.2, -0.15) is 5.10 Å². The molecule has 3 heterocycles. The third-order valence-corrected chi connectivity index (χ3v) is 5.62. The van der Waals surface area contributed by atoms with Crippen LogP contribution in [0.1, 0.15) is 41.2 Å². The lowest BCUT2D eigenvalue weighted by atomic mass is 10.1. The molecular formula is C18H26N6O2S. The maximum Gasteiger partial charge on any atom is 0.264 e. The SMILES string of the molecule is Cc1nc([C@@H](N)C(C)C)n(CC(=O)N2CCN(C(=O)c3cccs3)CC2)n1. The Balaban J connectivity index is 1.60. The number of thiophene rings is 1. The van der Waals surface area contributed by atoms with Crippen LogP contribution in [-0.2, 0) is 11.3 Å². The fourth-order valence-corrected chi connectivity index (χ4v) is 3.77. The fraction of sp³-hybridized carbons (Fsp3) is 0.556. The van der Waals surface area contributed by atoms with Crippen LogP contribution in [0.2, 0.25) is 0 Å². The van der Waals surface area contributed by atoms with Gasteiger partial charge >= 0.3 is 0 Å². The van der Waals surface area contributed by atoms with Crippen LogP contribution in [0.5, 0.6) is 0 Å². The Morgan fingerprint density at radius 1 is 1.22 bits per heavy atom. The predicted molar refractivity (Wildman–Crippen MR) is 103 cm³/mol. The minimum Gasteiger partial charge on any atom is -0.338 e. The number of hydrogen-bond acceptors (Lipinski definition) is 6. The lowest BCUT2D eigenvalue weighted by Crippen LogP contribution is -2.51. The predicted octanol–water partition coefficient (Wildman–Crippen LogP) is 1.29. The van der Waals surface area contributed by atoms with Crippen LogP contribution in [0.25, 0.3) is 0 Å². The highest BCUT2D eigenvalue weighted by atomic mass is 32.1. The van der Waals surface area contributed by atoms with Crippen LogP contribution in [0.3, 0.4) is 0 Å². The van der Waals surface area contributed by atoms with E-state index >= 15 is 0 Å². The number of nitrogens with zero attached hydrogens (tertiary/aromatic N) is 5. The molecule has 8 nitrogen and oxygen atoms in total. The lowest BCUT2D eigenvalue weighted by Gasteiger charge is -2.34. The van der Waals surface area contributed by atoms with E-state index in [1.165, 1.54) is 11.3 Å². The maximum atomic E-state index is 12.7. The second-order valence-corrected chi connectivity index (χ2v) is 8.04. The molecular weight excluding hydrogens is 364 g/mol. The summed E-state index contributed by atoms with van der Waals surface area (Å²) >= 11 is 1.44. The van der Waals surface area contributed by atoms with Gasteiger partial charge in [-0.25, -0.2) is 9.67 Å². The van der Waals surface area contributed by atoms with Crippen molar-refractivity contribution in [3.63, 3.8) is 0 Å². The Morgan fingerprint density at radius 2 is 1.89 bits per heavy atom. The summed E-state index contributed by atoms with van der Waals surface area (Å²) in [5.41, 5.74) is 6.21. The monoisotopic (exact) mass is 390 g/mol. The number of amides is 2. The first-order chi connectivity index (χ1) is 12.9. The molecule has 1 aliphatic heterocycles. The number of nitrogens with two attached hydrogens (primary N) is 1. The van der Waals surface area contributed by atoms with E-state index < -0.39 is 0 Å². The molecule has 1 fully saturated rings. The summed E-state index contributed by atoms with van der Waals surface area (Å²) in [6.45, 7) is 8.08. The molecule has 0 aliphatic carbocycles. The van der Waals surface area contributed by atoms with E-state index in [4.69, 9.17) is 5.73 Å². The van der Waals surface area contributed by atoms with Crippen molar-refractivity contribution in [3.05, 3.63) is 34.0 Å². The summed E-state index contributed by atoms with van der Waals surface area (Å²) in [6.07, 6.45) is 0. The molecule has 2 aromatic rings. The van der Waals surface area contributed by atoms with Crippen LogP contribution >= 0.6 is 11.3 Å². The van der Waals surface area contributed by atoms with Gasteiger partial charge in [-0.05, 0) is 24.3 Å². The summed E-state index contributed by atoms with van der Waals surface area (Å²) in [6, 6.07) is 3.44. The Kier molecular flexibility index (Phi) is 5.91. The highest BCUT2D eigenvalue weighted by molar-refractivity contribution is 7.12. The van der Waals surface area contributed by atoms with Gasteiger partial charge in [0.15, 0.2) is 0 Å². The zero-order valence-corrected chi connectivity index (χ0v) is 16.8. The zero-order chi connectivity index (χ0) is 19.6. The summed E-state index contributed by atoms with van der Waals surface area (Å²) in [7, 11) is 0. The van der Waals surface area contributed by atoms with Crippen LogP contribution < -0.4 is 5.73 Å². The van der Waals surface area contributed by atoms with Crippen molar-refractivity contribution in [3.8, 4) is 0 Å². The number of piperazine rings is 1. The largest absolute Gasteiger partial charge is 0.338 e. The molecule has 3 rings (SSSR count). The topological polar surface area (TPSA) is 97.3 Å². The molecule has 27 heavy (non-hydrogen) atoms. The molecule has 0 aromatic carbocycles. The van der Waals surface area contributed by atoms with E-state index in [9.17, 15) is 9.59 Å². The fourth-order valence-electron chi connectivity index (χ4n) is 3.08. The van der Waals surface area contributed by atoms with Crippen molar-refractivity contribution < 1.29 is 9.59 Å². The number of aromatic nitrogens is 3. The van der Waals surface area contributed by atoms with E-state index in [0.29, 0.717) is 37.8 Å². The minimum absolute atomic E-state index is 0.0275. The molecule has 146 valence electrons. The smallest absolute Gasteiger partial charge is 0.264 e. The van der Waals surface area contributed by atoms with E-state index in [1.54, 1.807) is 21.4 Å². The zero-order valence-electron chi connectivity index (χ0n) is 16.0. The standard InChI is InChI=1S/C18H26N6O2S/c1-12(2)16(19)17-20-13(3)21-24(17)11-15(25)22-6-8-23(9-7-22)18(26)14-5-4-10-27-14/h4-5,10,12,16H,6-9,11,19H2,1-3H3/t16-/m0/s1. The van der Waals surface area contributed by atoms with E-state index in [-0.39, 0.29) is 30.3 Å². The first-order valence-corrected chi connectivity index (χ1v) is 10.0. The van der Waals surface area contributed by atoms with Gasteiger partial charge in [-0.1, -0.05) is 19.9 Å². The highest BCUT2D eigenvalue weighted by Gasteiger charge is 2.27. The molecule has 2 aromatic heterocycles. The summed E-state index contributed by atoms with van der Waals surface area (Å²) in [5.74, 6) is 1.46. The Hall–Kier alpha value is -2.26. The second-order valence-electron chi connectivity index (χ2n) is 7.09. The van der Waals surface area contributed by atoms with Gasteiger partial charge in [0.05, 0.1) is 10.9 Å². The van der Waals surface area contributed by atoms with E-state index in [0.717, 1.165) is 4.88 Å². The van der Waals surface area contributed by atoms with Crippen molar-refractivity contribution in [1.29, 1.82) is 0 Å². The average molecular weight is 391 g/mol. The number of hydrogen-bond donors (Lipinski definition) is 1. The minimum atomic E-state index is -0.265. The van der Waals surface area contributed by atoms with Crippen LogP contribution in [0.15, 0.2) is 17.5 Å². The quantitative estimate of drug-likeness (QED) is 0.830. The van der Waals surface area contributed by atoms with Crippen molar-refractivity contribution in [2.45, 2.75) is 33.4 Å². The molecule has 0 unspecified atom stereocenters. The van der Waals surface area contributed by atoms with Crippen LogP contribution in [-0.4, -0.2) is 62.6 Å². The molecule has 2 N–H and O–H groups in total. The summed E-state index contributed by atoms with van der Waals surface area (Å²) < 4.78 is 1.62. The summed E-state index contributed by atoms with van der Waals surface area (Å²) in [4.78, 5) is 33.8. The molecule has 0 spiro atoms. The Bertz CT molecular complexity index is 793. The number of rotatable bonds is 5. The van der Waals surface area contributed by atoms with Gasteiger partial charge in [-0.3, -0.25) is 9.59 Å². The average Bonchev–Trinajstić information content (AvgIpc) is 3.30. The summed E-state index contributed by atoms with van der Waals surface area (Å²) in [5, 5.41) is 6.24. The van der Waals surface area contributed by atoms with Crippen molar-refractivity contribution >= 4 is 23.2 Å². The first kappa shape index (κ1) is 19.5. The second kappa shape index (κ2) is 8.18. The van der Waals surface area contributed by atoms with Crippen molar-refractivity contribution in [1.82, 2.24) is 24.6 Å². The van der Waals surface area contributed by atoms with Crippen molar-refractivity contribution in [2.24, 2.45) is 11.7 Å². The van der Waals surface area contributed by atoms with Crippen LogP contribution in [0.4, 0.5) is 0 Å². The number of carbonyl (C=O) groups excluding carboxylic acids is 2. The third-order valence-electron chi connectivity index (χ3n) is 4.76. The van der Waals surface area contributed by atoms with Crippen molar-refractivity contribution in [2.75, 3.05) is 26.2 Å². The molecule has 9 heteroatoms. The maximum absolute atomic E-state index is 12.7. The molecule has 0 saturated carbocycles. The first-order valence-electron chi connectivity index (χ1n) is 9.14. The van der Waals surface area contributed by atoms with Gasteiger partial charge < -0.3 is 15.5 Å². The molecule has 1 aliphatic rings. The molecule has 0 bridgehead atoms. The van der Waals surface area contributed by atoms with Gasteiger partial charge in [0, 0.05) is 26.2 Å². The van der Waals surface area contributed by atoms with Gasteiger partial charge in [-0.15, -0.1) is 11.3 Å². The Morgan fingerprint density at radius 3 is 2.48 bits per heavy atom. The van der Waals surface area contributed by atoms with Crippen LogP contribution in [0, 0.1) is 12.8 Å². The molecule has 2 amide bonds. The van der Waals surface area contributed by atoms with E-state index in [1.807, 2.05) is 31.4 Å². The van der Waals surface area contributed by atoms with Gasteiger partial charge in [0.2, 0.25) is 5.91 Å².